The van der Waals surface area contributed by atoms with Gasteiger partial charge >= 0.3 is 0 Å². The Labute approximate surface area is 186 Å². The van der Waals surface area contributed by atoms with Crippen molar-refractivity contribution in [1.29, 1.82) is 0 Å². The van der Waals surface area contributed by atoms with E-state index in [0.29, 0.717) is 33.4 Å². The van der Waals surface area contributed by atoms with Crippen molar-refractivity contribution in [3.05, 3.63) is 67.4 Å². The van der Waals surface area contributed by atoms with Crippen LogP contribution in [-0.2, 0) is 19.6 Å². The van der Waals surface area contributed by atoms with Crippen LogP contribution in [0.3, 0.4) is 0 Å². The fourth-order valence-electron chi connectivity index (χ4n) is 2.70. The summed E-state index contributed by atoms with van der Waals surface area (Å²) in [5.74, 6) is 1.38. The highest BCUT2D eigenvalue weighted by Crippen LogP contribution is 2.35. The highest BCUT2D eigenvalue weighted by atomic mass is 79.9. The zero-order valence-corrected chi connectivity index (χ0v) is 18.9. The van der Waals surface area contributed by atoms with E-state index >= 15 is 0 Å². The van der Waals surface area contributed by atoms with E-state index in [4.69, 9.17) is 33.3 Å². The number of rotatable bonds is 8. The molecule has 0 bridgehead atoms. The van der Waals surface area contributed by atoms with Crippen molar-refractivity contribution in [2.45, 2.75) is 26.5 Å². The molecule has 10 heteroatoms. The number of methoxy groups -OCH3 is 1. The minimum atomic E-state index is -0.417. The van der Waals surface area contributed by atoms with Crippen molar-refractivity contribution in [3.63, 3.8) is 0 Å². The van der Waals surface area contributed by atoms with Gasteiger partial charge in [0.2, 0.25) is 4.77 Å². The first-order valence-corrected chi connectivity index (χ1v) is 10.3. The lowest BCUT2D eigenvalue weighted by Crippen LogP contribution is -2.17. The summed E-state index contributed by atoms with van der Waals surface area (Å²) in [4.78, 5) is 0. The molecule has 0 amide bonds. The lowest BCUT2D eigenvalue weighted by atomic mass is 10.2. The maximum atomic E-state index is 14.0. The highest BCUT2D eigenvalue weighted by molar-refractivity contribution is 9.10. The number of ether oxygens (including phenoxy) is 2. The highest BCUT2D eigenvalue weighted by Gasteiger charge is 2.14. The number of aryl methyl sites for hydroxylation is 1. The van der Waals surface area contributed by atoms with Crippen LogP contribution >= 0.6 is 39.7 Å². The minimum Gasteiger partial charge on any atom is -0.493 e. The fourth-order valence-corrected chi connectivity index (χ4v) is 3.59. The summed E-state index contributed by atoms with van der Waals surface area (Å²) in [6.07, 6.45) is 0.732. The van der Waals surface area contributed by atoms with E-state index in [9.17, 15) is 4.39 Å². The Kier molecular flexibility index (Phi) is 7.15. The second kappa shape index (κ2) is 9.60. The molecule has 0 aliphatic carbocycles. The number of hydrogen-bond donors (Lipinski definition) is 2. The summed E-state index contributed by atoms with van der Waals surface area (Å²) in [7, 11) is 1.55. The molecule has 1 aromatic heterocycles. The van der Waals surface area contributed by atoms with Gasteiger partial charge in [-0.25, -0.2) is 9.07 Å². The van der Waals surface area contributed by atoms with Crippen LogP contribution in [0.5, 0.6) is 11.5 Å². The Morgan fingerprint density at radius 1 is 1.34 bits per heavy atom. The predicted molar refractivity (Wildman–Crippen MR) is 116 cm³/mol. The van der Waals surface area contributed by atoms with Gasteiger partial charge in [-0.2, -0.15) is 5.10 Å². The first-order chi connectivity index (χ1) is 13.9. The lowest BCUT2D eigenvalue weighted by Gasteiger charge is -2.16. The molecule has 3 rings (SSSR count). The first-order valence-electron chi connectivity index (χ1n) is 8.76. The molecule has 2 N–H and O–H groups in total. The average Bonchev–Trinajstić information content (AvgIpc) is 3.06. The summed E-state index contributed by atoms with van der Waals surface area (Å²) in [5.41, 5.74) is 4.45. The van der Waals surface area contributed by atoms with Crippen molar-refractivity contribution in [2.75, 3.05) is 12.5 Å². The van der Waals surface area contributed by atoms with Crippen molar-refractivity contribution in [2.24, 2.45) is 0 Å². The standard InChI is InChI=1S/C19H19BrClFN4O2S/c1-3-18-24-25-19(29)26(18)23-9-11-7-16(27-2)17(8-13(11)20)28-10-12-14(21)5-4-6-15(12)22/h4-8,23H,3,9-10H2,1-2H3,(H,25,29). The van der Waals surface area contributed by atoms with Crippen LogP contribution in [0, 0.1) is 10.6 Å². The van der Waals surface area contributed by atoms with Crippen molar-refractivity contribution in [1.82, 2.24) is 14.9 Å². The monoisotopic (exact) mass is 500 g/mol. The fraction of sp³-hybridized carbons (Fsp3) is 0.263. The Morgan fingerprint density at radius 3 is 2.83 bits per heavy atom. The summed E-state index contributed by atoms with van der Waals surface area (Å²) >= 11 is 14.9. The van der Waals surface area contributed by atoms with Gasteiger partial charge in [-0.3, -0.25) is 5.10 Å². The van der Waals surface area contributed by atoms with Crippen LogP contribution in [0.15, 0.2) is 34.8 Å². The number of nitrogens with one attached hydrogen (secondary N) is 2. The lowest BCUT2D eigenvalue weighted by molar-refractivity contribution is 0.279. The van der Waals surface area contributed by atoms with E-state index in [0.717, 1.165) is 22.3 Å². The van der Waals surface area contributed by atoms with Crippen LogP contribution in [0.25, 0.3) is 0 Å². The van der Waals surface area contributed by atoms with E-state index in [1.807, 2.05) is 13.0 Å². The SMILES string of the molecule is CCc1n[nH]c(=S)n1NCc1cc(OC)c(OCc2c(F)cccc2Cl)cc1Br. The molecule has 2 aromatic carbocycles. The summed E-state index contributed by atoms with van der Waals surface area (Å²) in [6.45, 7) is 2.45. The van der Waals surface area contributed by atoms with Gasteiger partial charge < -0.3 is 14.9 Å². The Balaban J connectivity index is 1.78. The van der Waals surface area contributed by atoms with E-state index in [-0.39, 0.29) is 6.61 Å². The van der Waals surface area contributed by atoms with Crippen molar-refractivity contribution >= 4 is 39.7 Å². The van der Waals surface area contributed by atoms with E-state index in [1.165, 1.54) is 6.07 Å². The van der Waals surface area contributed by atoms with Crippen LogP contribution in [0.2, 0.25) is 5.02 Å². The number of benzene rings is 2. The second-order valence-electron chi connectivity index (χ2n) is 6.05. The molecule has 1 heterocycles. The largest absolute Gasteiger partial charge is 0.493 e. The maximum absolute atomic E-state index is 14.0. The predicted octanol–water partition coefficient (Wildman–Crippen LogP) is 5.39. The summed E-state index contributed by atoms with van der Waals surface area (Å²) in [5, 5.41) is 7.25. The normalized spacial score (nSPS) is 10.8. The van der Waals surface area contributed by atoms with Crippen LogP contribution in [0.1, 0.15) is 23.9 Å². The summed E-state index contributed by atoms with van der Waals surface area (Å²) in [6, 6.07) is 8.13. The molecular formula is C19H19BrClFN4O2S. The topological polar surface area (TPSA) is 64.1 Å². The second-order valence-corrected chi connectivity index (χ2v) is 7.70. The molecule has 3 aromatic rings. The van der Waals surface area contributed by atoms with Gasteiger partial charge in [-0.1, -0.05) is 40.5 Å². The Morgan fingerprint density at radius 2 is 2.14 bits per heavy atom. The van der Waals surface area contributed by atoms with E-state index < -0.39 is 5.82 Å². The third kappa shape index (κ3) is 4.91. The molecule has 6 nitrogen and oxygen atoms in total. The van der Waals surface area contributed by atoms with Gasteiger partial charge in [0.05, 0.1) is 18.7 Å². The zero-order chi connectivity index (χ0) is 21.0. The number of aromatic nitrogens is 3. The molecule has 29 heavy (non-hydrogen) atoms. The quantitative estimate of drug-likeness (QED) is 0.405. The number of hydrogen-bond acceptors (Lipinski definition) is 5. The molecule has 0 saturated carbocycles. The van der Waals surface area contributed by atoms with Crippen molar-refractivity contribution in [3.8, 4) is 11.5 Å². The maximum Gasteiger partial charge on any atom is 0.214 e. The average molecular weight is 502 g/mol. The van der Waals surface area contributed by atoms with Gasteiger partial charge in [-0.05, 0) is 42.0 Å². The molecular weight excluding hydrogens is 483 g/mol. The van der Waals surface area contributed by atoms with Gasteiger partial charge in [0.15, 0.2) is 17.3 Å². The number of nitrogens with zero attached hydrogens (tertiary/aromatic N) is 2. The molecule has 0 unspecified atom stereocenters. The molecule has 0 atom stereocenters. The van der Waals surface area contributed by atoms with Crippen molar-refractivity contribution < 1.29 is 13.9 Å². The third-order valence-electron chi connectivity index (χ3n) is 4.25. The van der Waals surface area contributed by atoms with Gasteiger partial charge in [0.25, 0.3) is 0 Å². The Bertz CT molecular complexity index is 1050. The zero-order valence-electron chi connectivity index (χ0n) is 15.8. The number of halogens is 3. The summed E-state index contributed by atoms with van der Waals surface area (Å²) < 4.78 is 28.2. The van der Waals surface area contributed by atoms with Crippen LogP contribution < -0.4 is 14.9 Å². The molecule has 0 aliphatic heterocycles. The van der Waals surface area contributed by atoms with Gasteiger partial charge in [-0.15, -0.1) is 0 Å². The van der Waals surface area contributed by atoms with Crippen LogP contribution in [-0.4, -0.2) is 22.0 Å². The molecule has 0 spiro atoms. The minimum absolute atomic E-state index is 0.0179. The van der Waals surface area contributed by atoms with Gasteiger partial charge in [0, 0.05) is 16.5 Å². The number of aromatic amines is 1. The molecule has 0 fully saturated rings. The van der Waals surface area contributed by atoms with Crippen LogP contribution in [0.4, 0.5) is 4.39 Å². The molecule has 154 valence electrons. The molecule has 0 saturated heterocycles. The van der Waals surface area contributed by atoms with E-state index in [2.05, 4.69) is 31.6 Å². The van der Waals surface area contributed by atoms with Gasteiger partial charge in [0.1, 0.15) is 12.4 Å². The molecule has 0 aliphatic rings. The molecule has 0 radical (unpaired) electrons. The van der Waals surface area contributed by atoms with E-state index in [1.54, 1.807) is 30.0 Å². The Hall–Kier alpha value is -2.10. The number of H-pyrrole nitrogens is 1. The first kappa shape index (κ1) is 21.6. The smallest absolute Gasteiger partial charge is 0.214 e. The third-order valence-corrected chi connectivity index (χ3v) is 5.62.